The van der Waals surface area contributed by atoms with E-state index in [0.29, 0.717) is 19.7 Å². The van der Waals surface area contributed by atoms with E-state index >= 15 is 0 Å². The Hall–Kier alpha value is -2.62. The van der Waals surface area contributed by atoms with E-state index in [9.17, 15) is 0 Å². The maximum Gasteiger partial charge on any atom is 0.191 e. The summed E-state index contributed by atoms with van der Waals surface area (Å²) < 4.78 is 11.3. The van der Waals surface area contributed by atoms with Crippen molar-refractivity contribution >= 4 is 29.9 Å². The smallest absolute Gasteiger partial charge is 0.191 e. The molecule has 0 aliphatic heterocycles. The minimum absolute atomic E-state index is 0. The lowest BCUT2D eigenvalue weighted by molar-refractivity contribution is 0.301. The maximum atomic E-state index is 5.86. The normalized spacial score (nSPS) is 11.0. The Bertz CT molecular complexity index is 938. The van der Waals surface area contributed by atoms with Crippen molar-refractivity contribution in [2.24, 2.45) is 4.99 Å². The molecule has 0 aliphatic carbocycles. The zero-order valence-electron chi connectivity index (χ0n) is 18.2. The van der Waals surface area contributed by atoms with Gasteiger partial charge in [-0.1, -0.05) is 37.2 Å². The van der Waals surface area contributed by atoms with Crippen molar-refractivity contribution in [3.8, 4) is 5.75 Å². The van der Waals surface area contributed by atoms with Gasteiger partial charge in [0.25, 0.3) is 0 Å². The first kappa shape index (κ1) is 24.6. The predicted octanol–water partition coefficient (Wildman–Crippen LogP) is 4.26. The molecule has 166 valence electrons. The van der Waals surface area contributed by atoms with Crippen LogP contribution in [-0.2, 0) is 32.5 Å². The Morgan fingerprint density at radius 1 is 1.06 bits per heavy atom. The molecule has 0 aliphatic rings. The number of pyridine rings is 1. The SMILES string of the molecule is CCc1noc(CC)c1CNC(=NC)NCc1cccc(OCc2ccccn2)c1.I. The molecule has 2 N–H and O–H groups in total. The molecule has 0 spiro atoms. The number of hydrogen-bond donors (Lipinski definition) is 2. The van der Waals surface area contributed by atoms with E-state index < -0.39 is 0 Å². The van der Waals surface area contributed by atoms with E-state index in [-0.39, 0.29) is 24.0 Å². The minimum Gasteiger partial charge on any atom is -0.487 e. The number of rotatable bonds is 9. The third kappa shape index (κ3) is 7.23. The first-order valence-electron chi connectivity index (χ1n) is 10.3. The number of ether oxygens (including phenoxy) is 1. The zero-order chi connectivity index (χ0) is 21.2. The lowest BCUT2D eigenvalue weighted by Gasteiger charge is -2.13. The largest absolute Gasteiger partial charge is 0.487 e. The predicted molar refractivity (Wildman–Crippen MR) is 133 cm³/mol. The summed E-state index contributed by atoms with van der Waals surface area (Å²) in [4.78, 5) is 8.60. The van der Waals surface area contributed by atoms with Crippen LogP contribution in [0.5, 0.6) is 5.75 Å². The molecule has 2 aromatic heterocycles. The third-order valence-corrected chi connectivity index (χ3v) is 4.73. The zero-order valence-corrected chi connectivity index (χ0v) is 20.6. The van der Waals surface area contributed by atoms with Gasteiger partial charge in [-0.15, -0.1) is 24.0 Å². The van der Waals surface area contributed by atoms with E-state index in [1.807, 2.05) is 36.4 Å². The molecule has 0 unspecified atom stereocenters. The Morgan fingerprint density at radius 3 is 2.61 bits per heavy atom. The number of guanidine groups is 1. The number of hydrogen-bond acceptors (Lipinski definition) is 5. The molecule has 3 aromatic rings. The fourth-order valence-corrected chi connectivity index (χ4v) is 3.10. The third-order valence-electron chi connectivity index (χ3n) is 4.73. The first-order valence-corrected chi connectivity index (χ1v) is 10.3. The summed E-state index contributed by atoms with van der Waals surface area (Å²) in [6.07, 6.45) is 3.43. The molecular formula is C23H30IN5O2. The Morgan fingerprint density at radius 2 is 1.90 bits per heavy atom. The number of aromatic nitrogens is 2. The topological polar surface area (TPSA) is 84.6 Å². The van der Waals surface area contributed by atoms with Gasteiger partial charge in [0, 0.05) is 38.3 Å². The fourth-order valence-electron chi connectivity index (χ4n) is 3.10. The average Bonchev–Trinajstić information content (AvgIpc) is 3.21. The highest BCUT2D eigenvalue weighted by molar-refractivity contribution is 14.0. The Balaban J connectivity index is 0.00000341. The molecule has 0 radical (unpaired) electrons. The van der Waals surface area contributed by atoms with E-state index in [1.54, 1.807) is 13.2 Å². The van der Waals surface area contributed by atoms with Crippen molar-refractivity contribution in [2.75, 3.05) is 7.05 Å². The summed E-state index contributed by atoms with van der Waals surface area (Å²) in [6.45, 7) is 5.85. The molecule has 1 aromatic carbocycles. The summed E-state index contributed by atoms with van der Waals surface area (Å²) in [5, 5.41) is 10.9. The summed E-state index contributed by atoms with van der Waals surface area (Å²) in [5.41, 5.74) is 4.11. The van der Waals surface area contributed by atoms with Crippen LogP contribution in [0.4, 0.5) is 0 Å². The number of aliphatic imine (C=N–C) groups is 1. The maximum absolute atomic E-state index is 5.86. The van der Waals surface area contributed by atoms with Crippen LogP contribution in [0.1, 0.15) is 42.1 Å². The Labute approximate surface area is 200 Å². The summed E-state index contributed by atoms with van der Waals surface area (Å²) in [6, 6.07) is 13.8. The van der Waals surface area contributed by atoms with Crippen LogP contribution in [0.3, 0.4) is 0 Å². The monoisotopic (exact) mass is 535 g/mol. The van der Waals surface area contributed by atoms with Gasteiger partial charge in [0.2, 0.25) is 0 Å². The number of nitrogens with zero attached hydrogens (tertiary/aromatic N) is 3. The van der Waals surface area contributed by atoms with Crippen LogP contribution in [0, 0.1) is 0 Å². The van der Waals surface area contributed by atoms with Gasteiger partial charge in [-0.2, -0.15) is 0 Å². The van der Waals surface area contributed by atoms with E-state index in [2.05, 4.69) is 45.7 Å². The fraction of sp³-hybridized carbons (Fsp3) is 0.348. The van der Waals surface area contributed by atoms with Crippen LogP contribution in [0.2, 0.25) is 0 Å². The highest BCUT2D eigenvalue weighted by Crippen LogP contribution is 2.16. The highest BCUT2D eigenvalue weighted by atomic mass is 127. The van der Waals surface area contributed by atoms with Crippen LogP contribution in [0.25, 0.3) is 0 Å². The van der Waals surface area contributed by atoms with Crippen LogP contribution in [-0.4, -0.2) is 23.1 Å². The van der Waals surface area contributed by atoms with Gasteiger partial charge in [0.15, 0.2) is 5.96 Å². The van der Waals surface area contributed by atoms with Crippen LogP contribution >= 0.6 is 24.0 Å². The molecule has 31 heavy (non-hydrogen) atoms. The molecule has 0 saturated heterocycles. The van der Waals surface area contributed by atoms with Crippen molar-refractivity contribution in [2.45, 2.75) is 46.4 Å². The van der Waals surface area contributed by atoms with Gasteiger partial charge in [-0.3, -0.25) is 9.98 Å². The highest BCUT2D eigenvalue weighted by Gasteiger charge is 2.13. The molecule has 8 heteroatoms. The van der Waals surface area contributed by atoms with Crippen molar-refractivity contribution in [1.29, 1.82) is 0 Å². The molecule has 0 saturated carbocycles. The summed E-state index contributed by atoms with van der Waals surface area (Å²) >= 11 is 0. The summed E-state index contributed by atoms with van der Waals surface area (Å²) in [7, 11) is 1.76. The van der Waals surface area contributed by atoms with Gasteiger partial charge in [0.05, 0.1) is 11.4 Å². The molecular weight excluding hydrogens is 505 g/mol. The van der Waals surface area contributed by atoms with Crippen molar-refractivity contribution in [1.82, 2.24) is 20.8 Å². The quantitative estimate of drug-likeness (QED) is 0.242. The lowest BCUT2D eigenvalue weighted by Crippen LogP contribution is -2.36. The van der Waals surface area contributed by atoms with Crippen molar-refractivity contribution in [3.05, 3.63) is 76.9 Å². The number of aryl methyl sites for hydroxylation is 2. The second-order valence-corrected chi connectivity index (χ2v) is 6.77. The molecule has 0 bridgehead atoms. The van der Waals surface area contributed by atoms with Gasteiger partial charge >= 0.3 is 0 Å². The first-order chi connectivity index (χ1) is 14.7. The Kier molecular flexibility index (Phi) is 10.3. The summed E-state index contributed by atoms with van der Waals surface area (Å²) in [5.74, 6) is 2.46. The number of benzene rings is 1. The van der Waals surface area contributed by atoms with Gasteiger partial charge in [-0.05, 0) is 36.2 Å². The van der Waals surface area contributed by atoms with Crippen molar-refractivity contribution in [3.63, 3.8) is 0 Å². The van der Waals surface area contributed by atoms with E-state index in [4.69, 9.17) is 9.26 Å². The van der Waals surface area contributed by atoms with Gasteiger partial charge < -0.3 is 19.9 Å². The molecule has 0 atom stereocenters. The molecule has 7 nitrogen and oxygen atoms in total. The van der Waals surface area contributed by atoms with Crippen LogP contribution in [0.15, 0.2) is 58.2 Å². The van der Waals surface area contributed by atoms with Gasteiger partial charge in [0.1, 0.15) is 18.1 Å². The molecule has 0 fully saturated rings. The van der Waals surface area contributed by atoms with Gasteiger partial charge in [-0.25, -0.2) is 0 Å². The molecule has 2 heterocycles. The van der Waals surface area contributed by atoms with E-state index in [0.717, 1.165) is 52.8 Å². The average molecular weight is 535 g/mol. The number of halogens is 1. The minimum atomic E-state index is 0. The standard InChI is InChI=1S/C23H29N5O2.HI/c1-4-21-20(22(5-2)30-28-21)15-27-23(24-3)26-14-17-9-8-11-19(13-17)29-16-18-10-6-7-12-25-18;/h6-13H,4-5,14-16H2,1-3H3,(H2,24,26,27);1H. The molecule has 0 amide bonds. The van der Waals surface area contributed by atoms with Crippen molar-refractivity contribution < 1.29 is 9.26 Å². The second-order valence-electron chi connectivity index (χ2n) is 6.77. The van der Waals surface area contributed by atoms with Crippen LogP contribution < -0.4 is 15.4 Å². The number of nitrogens with one attached hydrogen (secondary N) is 2. The second kappa shape index (κ2) is 12.9. The van der Waals surface area contributed by atoms with E-state index in [1.165, 1.54) is 0 Å². The lowest BCUT2D eigenvalue weighted by atomic mass is 10.1. The molecule has 3 rings (SSSR count).